The number of carbonyl (C=O) groups excluding carboxylic acids is 2. The second-order valence-corrected chi connectivity index (χ2v) is 7.30. The van der Waals surface area contributed by atoms with Crippen LogP contribution in [0.3, 0.4) is 0 Å². The van der Waals surface area contributed by atoms with Gasteiger partial charge in [0.25, 0.3) is 5.91 Å². The van der Waals surface area contributed by atoms with E-state index in [-0.39, 0.29) is 18.4 Å². The molecule has 0 atom stereocenters. The molecular weight excluding hydrogens is 400 g/mol. The second kappa shape index (κ2) is 10.5. The summed E-state index contributed by atoms with van der Waals surface area (Å²) in [6, 6.07) is 22.1. The lowest BCUT2D eigenvalue weighted by Crippen LogP contribution is -2.20. The Hall–Kier alpha value is -3.31. The lowest BCUT2D eigenvalue weighted by molar-refractivity contribution is -0.118. The summed E-state index contributed by atoms with van der Waals surface area (Å²) in [5.41, 5.74) is 3.18. The van der Waals surface area contributed by atoms with Gasteiger partial charge in [-0.25, -0.2) is 0 Å². The van der Waals surface area contributed by atoms with Crippen LogP contribution >= 0.6 is 11.6 Å². The SMILES string of the molecule is Cc1cc(Cl)ccc1OCC(=O)Nc1cccc(NC(=O)CCc2ccccc2)c1. The topological polar surface area (TPSA) is 67.4 Å². The zero-order valence-corrected chi connectivity index (χ0v) is 17.4. The van der Waals surface area contributed by atoms with Gasteiger partial charge in [-0.3, -0.25) is 9.59 Å². The monoisotopic (exact) mass is 422 g/mol. The smallest absolute Gasteiger partial charge is 0.262 e. The molecule has 0 aliphatic carbocycles. The van der Waals surface area contributed by atoms with Crippen molar-refractivity contribution in [3.05, 3.63) is 88.9 Å². The zero-order chi connectivity index (χ0) is 21.3. The van der Waals surface area contributed by atoms with Crippen molar-refractivity contribution in [3.8, 4) is 5.75 Å². The highest BCUT2D eigenvalue weighted by atomic mass is 35.5. The van der Waals surface area contributed by atoms with E-state index in [0.717, 1.165) is 11.1 Å². The van der Waals surface area contributed by atoms with E-state index in [2.05, 4.69) is 10.6 Å². The summed E-state index contributed by atoms with van der Waals surface area (Å²) >= 11 is 5.92. The minimum atomic E-state index is -0.295. The Kier molecular flexibility index (Phi) is 7.46. The minimum Gasteiger partial charge on any atom is -0.483 e. The van der Waals surface area contributed by atoms with Crippen LogP contribution in [0, 0.1) is 6.92 Å². The molecule has 0 fully saturated rings. The maximum Gasteiger partial charge on any atom is 0.262 e. The molecule has 0 aliphatic rings. The lowest BCUT2D eigenvalue weighted by atomic mass is 10.1. The molecule has 6 heteroatoms. The van der Waals surface area contributed by atoms with Gasteiger partial charge in [0.15, 0.2) is 6.61 Å². The molecule has 30 heavy (non-hydrogen) atoms. The van der Waals surface area contributed by atoms with Crippen molar-refractivity contribution < 1.29 is 14.3 Å². The van der Waals surface area contributed by atoms with Crippen LogP contribution in [0.25, 0.3) is 0 Å². The zero-order valence-electron chi connectivity index (χ0n) is 16.7. The number of aryl methyl sites for hydroxylation is 2. The van der Waals surface area contributed by atoms with Gasteiger partial charge in [0, 0.05) is 22.8 Å². The van der Waals surface area contributed by atoms with Gasteiger partial charge in [-0.1, -0.05) is 48.0 Å². The second-order valence-electron chi connectivity index (χ2n) is 6.86. The van der Waals surface area contributed by atoms with Gasteiger partial charge in [-0.2, -0.15) is 0 Å². The molecular formula is C24H23ClN2O3. The molecule has 0 bridgehead atoms. The molecule has 5 nitrogen and oxygen atoms in total. The number of nitrogens with one attached hydrogen (secondary N) is 2. The van der Waals surface area contributed by atoms with E-state index >= 15 is 0 Å². The largest absolute Gasteiger partial charge is 0.483 e. The van der Waals surface area contributed by atoms with Crippen molar-refractivity contribution in [2.45, 2.75) is 19.8 Å². The van der Waals surface area contributed by atoms with Crippen molar-refractivity contribution in [2.75, 3.05) is 17.2 Å². The number of halogens is 1. The van der Waals surface area contributed by atoms with Crippen molar-refractivity contribution >= 4 is 34.8 Å². The van der Waals surface area contributed by atoms with Crippen molar-refractivity contribution in [3.63, 3.8) is 0 Å². The van der Waals surface area contributed by atoms with Crippen LogP contribution in [0.15, 0.2) is 72.8 Å². The Morgan fingerprint density at radius 2 is 1.57 bits per heavy atom. The maximum absolute atomic E-state index is 12.2. The van der Waals surface area contributed by atoms with Gasteiger partial charge in [-0.05, 0) is 60.9 Å². The predicted octanol–water partition coefficient (Wildman–Crippen LogP) is 5.24. The highest BCUT2D eigenvalue weighted by molar-refractivity contribution is 6.30. The molecule has 0 saturated heterocycles. The van der Waals surface area contributed by atoms with E-state index in [1.54, 1.807) is 42.5 Å². The first-order valence-corrected chi connectivity index (χ1v) is 10.00. The summed E-state index contributed by atoms with van der Waals surface area (Å²) in [6.45, 7) is 1.74. The number of benzene rings is 3. The van der Waals surface area contributed by atoms with Crippen LogP contribution in [0.1, 0.15) is 17.5 Å². The van der Waals surface area contributed by atoms with E-state index in [0.29, 0.717) is 35.0 Å². The quantitative estimate of drug-likeness (QED) is 0.521. The predicted molar refractivity (Wildman–Crippen MR) is 120 cm³/mol. The molecule has 0 saturated carbocycles. The molecule has 3 rings (SSSR count). The summed E-state index contributed by atoms with van der Waals surface area (Å²) in [4.78, 5) is 24.4. The van der Waals surface area contributed by atoms with Crippen molar-refractivity contribution in [1.82, 2.24) is 0 Å². The summed E-state index contributed by atoms with van der Waals surface area (Å²) in [6.07, 6.45) is 1.05. The molecule has 0 aliphatic heterocycles. The fourth-order valence-corrected chi connectivity index (χ4v) is 3.14. The molecule has 0 radical (unpaired) electrons. The normalized spacial score (nSPS) is 10.3. The number of hydrogen-bond acceptors (Lipinski definition) is 3. The number of hydrogen-bond donors (Lipinski definition) is 2. The van der Waals surface area contributed by atoms with Crippen molar-refractivity contribution in [1.29, 1.82) is 0 Å². The van der Waals surface area contributed by atoms with E-state index in [1.807, 2.05) is 37.3 Å². The summed E-state index contributed by atoms with van der Waals surface area (Å²) < 4.78 is 5.55. The Bertz CT molecular complexity index is 1020. The van der Waals surface area contributed by atoms with Crippen LogP contribution in [0.2, 0.25) is 5.02 Å². The van der Waals surface area contributed by atoms with Crippen LogP contribution in [0.4, 0.5) is 11.4 Å². The molecule has 3 aromatic carbocycles. The molecule has 154 valence electrons. The van der Waals surface area contributed by atoms with E-state index in [1.165, 1.54) is 0 Å². The van der Waals surface area contributed by atoms with E-state index < -0.39 is 0 Å². The molecule has 0 heterocycles. The fourth-order valence-electron chi connectivity index (χ4n) is 2.92. The van der Waals surface area contributed by atoms with Gasteiger partial charge in [0.2, 0.25) is 5.91 Å². The van der Waals surface area contributed by atoms with E-state index in [4.69, 9.17) is 16.3 Å². The Morgan fingerprint density at radius 3 is 2.27 bits per heavy atom. The number of carbonyl (C=O) groups is 2. The number of anilines is 2. The first kappa shape index (κ1) is 21.4. The number of amides is 2. The molecule has 2 N–H and O–H groups in total. The highest BCUT2D eigenvalue weighted by Crippen LogP contribution is 2.22. The third kappa shape index (κ3) is 6.64. The maximum atomic E-state index is 12.2. The number of ether oxygens (including phenoxy) is 1. The Balaban J connectivity index is 1.49. The van der Waals surface area contributed by atoms with Crippen LogP contribution in [-0.2, 0) is 16.0 Å². The van der Waals surface area contributed by atoms with Crippen LogP contribution in [0.5, 0.6) is 5.75 Å². The number of rotatable bonds is 8. The molecule has 0 spiro atoms. The van der Waals surface area contributed by atoms with Crippen LogP contribution in [-0.4, -0.2) is 18.4 Å². The Morgan fingerprint density at radius 1 is 0.867 bits per heavy atom. The van der Waals surface area contributed by atoms with Gasteiger partial charge >= 0.3 is 0 Å². The average molecular weight is 423 g/mol. The lowest BCUT2D eigenvalue weighted by Gasteiger charge is -2.11. The molecule has 2 amide bonds. The van der Waals surface area contributed by atoms with Gasteiger partial charge < -0.3 is 15.4 Å². The summed E-state index contributed by atoms with van der Waals surface area (Å²) in [5, 5.41) is 6.25. The van der Waals surface area contributed by atoms with Gasteiger partial charge in [-0.15, -0.1) is 0 Å². The molecule has 0 unspecified atom stereocenters. The summed E-state index contributed by atoms with van der Waals surface area (Å²) in [5.74, 6) is 0.231. The van der Waals surface area contributed by atoms with Crippen LogP contribution < -0.4 is 15.4 Å². The first-order chi connectivity index (χ1) is 14.5. The van der Waals surface area contributed by atoms with Gasteiger partial charge in [0.1, 0.15) is 5.75 Å². The Labute approximate surface area is 181 Å². The third-order valence-electron chi connectivity index (χ3n) is 4.41. The highest BCUT2D eigenvalue weighted by Gasteiger charge is 2.08. The standard InChI is InChI=1S/C24H23ClN2O3/c1-17-14-19(25)11-12-22(17)30-16-24(29)27-21-9-5-8-20(15-21)26-23(28)13-10-18-6-3-2-4-7-18/h2-9,11-12,14-15H,10,13,16H2,1H3,(H,26,28)(H,27,29). The molecule has 3 aromatic rings. The first-order valence-electron chi connectivity index (χ1n) is 9.62. The van der Waals surface area contributed by atoms with E-state index in [9.17, 15) is 9.59 Å². The molecule has 0 aromatic heterocycles. The summed E-state index contributed by atoms with van der Waals surface area (Å²) in [7, 11) is 0. The average Bonchev–Trinajstić information content (AvgIpc) is 2.73. The van der Waals surface area contributed by atoms with Gasteiger partial charge in [0.05, 0.1) is 0 Å². The third-order valence-corrected chi connectivity index (χ3v) is 4.64. The minimum absolute atomic E-state index is 0.0797. The fraction of sp³-hybridized carbons (Fsp3) is 0.167. The van der Waals surface area contributed by atoms with Crippen molar-refractivity contribution in [2.24, 2.45) is 0 Å².